The van der Waals surface area contributed by atoms with Gasteiger partial charge in [0.25, 0.3) is 0 Å². The van der Waals surface area contributed by atoms with E-state index in [1.54, 1.807) is 24.3 Å². The fraction of sp³-hybridized carbons (Fsp3) is 0.529. The highest BCUT2D eigenvalue weighted by Gasteiger charge is 2.13. The molecule has 0 amide bonds. The average Bonchev–Trinajstić information content (AvgIpc) is 3.05. The summed E-state index contributed by atoms with van der Waals surface area (Å²) >= 11 is 0. The van der Waals surface area contributed by atoms with Crippen LogP contribution in [0, 0.1) is 0 Å². The summed E-state index contributed by atoms with van der Waals surface area (Å²) < 4.78 is 9.78. The second-order valence-electron chi connectivity index (χ2n) is 10.7. The first kappa shape index (κ1) is 38.0. The highest BCUT2D eigenvalue weighted by molar-refractivity contribution is 5.89. The van der Waals surface area contributed by atoms with Crippen molar-refractivity contribution in [1.29, 1.82) is 0 Å². The lowest BCUT2D eigenvalue weighted by atomic mass is 10.1. The summed E-state index contributed by atoms with van der Waals surface area (Å²) in [5, 5.41) is 8.47. The molecule has 0 bridgehead atoms. The van der Waals surface area contributed by atoms with Gasteiger partial charge in [-0.05, 0) is 61.1 Å². The van der Waals surface area contributed by atoms with Gasteiger partial charge in [-0.25, -0.2) is 29.0 Å². The molecule has 0 N–H and O–H groups in total. The van der Waals surface area contributed by atoms with E-state index in [9.17, 15) is 19.2 Å². The molecule has 0 radical (unpaired) electrons. The molecule has 2 aromatic rings. The highest BCUT2D eigenvalue weighted by atomic mass is 17.5. The fourth-order valence-electron chi connectivity index (χ4n) is 4.42. The molecular formula is C34H46O12. The molecule has 2 aromatic carbocycles. The molecule has 12 nitrogen and oxygen atoms in total. The van der Waals surface area contributed by atoms with E-state index >= 15 is 0 Å². The van der Waals surface area contributed by atoms with Gasteiger partial charge in [0.2, 0.25) is 0 Å². The van der Waals surface area contributed by atoms with Crippen LogP contribution in [0.15, 0.2) is 48.5 Å². The third-order valence-electron chi connectivity index (χ3n) is 6.86. The molecule has 2 rings (SSSR count). The maximum atomic E-state index is 11.9. The number of hydrogen-bond acceptors (Lipinski definition) is 12. The van der Waals surface area contributed by atoms with E-state index in [0.29, 0.717) is 12.8 Å². The Bertz CT molecular complexity index is 1060. The first-order valence-electron chi connectivity index (χ1n) is 16.0. The molecule has 0 aliphatic rings. The molecule has 0 atom stereocenters. The Balaban J connectivity index is 1.32. The SMILES string of the molecule is CCCc1ccc(C(=O)OOOC(=O)OCCCCCCCCCCCCOC(=O)OOOC(=O)c2ccc(CCC)cc2)cc1. The minimum atomic E-state index is -1.08. The van der Waals surface area contributed by atoms with Crippen LogP contribution in [0.2, 0.25) is 0 Å². The molecule has 0 aliphatic heterocycles. The van der Waals surface area contributed by atoms with Gasteiger partial charge in [0.15, 0.2) is 0 Å². The topological polar surface area (TPSA) is 142 Å². The summed E-state index contributed by atoms with van der Waals surface area (Å²) in [5.74, 6) is -1.56. The van der Waals surface area contributed by atoms with Crippen molar-refractivity contribution in [2.75, 3.05) is 13.2 Å². The van der Waals surface area contributed by atoms with E-state index in [1.165, 1.54) is 0 Å². The third-order valence-corrected chi connectivity index (χ3v) is 6.86. The Hall–Kier alpha value is -4.16. The molecule has 0 aliphatic carbocycles. The minimum absolute atomic E-state index is 0.176. The predicted octanol–water partition coefficient (Wildman–Crippen LogP) is 8.51. The van der Waals surface area contributed by atoms with E-state index in [2.05, 4.69) is 43.5 Å². The van der Waals surface area contributed by atoms with Gasteiger partial charge < -0.3 is 9.47 Å². The second kappa shape index (κ2) is 24.1. The molecule has 0 spiro atoms. The van der Waals surface area contributed by atoms with Gasteiger partial charge in [-0.1, -0.05) is 102 Å². The number of carbonyl (C=O) groups excluding carboxylic acids is 4. The number of ether oxygens (including phenoxy) is 2. The molecule has 0 saturated carbocycles. The van der Waals surface area contributed by atoms with Crippen LogP contribution >= 0.6 is 0 Å². The first-order chi connectivity index (χ1) is 22.4. The van der Waals surface area contributed by atoms with Crippen molar-refractivity contribution in [3.63, 3.8) is 0 Å². The summed E-state index contributed by atoms with van der Waals surface area (Å²) in [6, 6.07) is 13.8. The molecule has 0 heterocycles. The van der Waals surface area contributed by atoms with Crippen LogP contribution in [-0.2, 0) is 51.9 Å². The zero-order chi connectivity index (χ0) is 33.2. The Kier molecular flexibility index (Phi) is 19.9. The van der Waals surface area contributed by atoms with Gasteiger partial charge in [0.1, 0.15) is 0 Å². The van der Waals surface area contributed by atoms with Gasteiger partial charge in [0.05, 0.1) is 34.4 Å². The summed E-state index contributed by atoms with van der Waals surface area (Å²) in [5.41, 5.74) is 2.77. The summed E-state index contributed by atoms with van der Waals surface area (Å²) in [6.45, 7) is 4.49. The fourth-order valence-corrected chi connectivity index (χ4v) is 4.42. The van der Waals surface area contributed by atoms with E-state index in [0.717, 1.165) is 88.2 Å². The molecule has 0 fully saturated rings. The van der Waals surface area contributed by atoms with Crippen molar-refractivity contribution in [2.24, 2.45) is 0 Å². The van der Waals surface area contributed by atoms with Crippen LogP contribution in [0.1, 0.15) is 123 Å². The molecule has 254 valence electrons. The van der Waals surface area contributed by atoms with Gasteiger partial charge in [-0.3, -0.25) is 9.78 Å². The largest absolute Gasteiger partial charge is 0.543 e. The Morgan fingerprint density at radius 2 is 0.783 bits per heavy atom. The Labute approximate surface area is 270 Å². The summed E-state index contributed by atoms with van der Waals surface area (Å²) in [7, 11) is 0. The first-order valence-corrected chi connectivity index (χ1v) is 16.0. The van der Waals surface area contributed by atoms with Gasteiger partial charge >= 0.3 is 24.2 Å². The monoisotopic (exact) mass is 646 g/mol. The van der Waals surface area contributed by atoms with Crippen molar-refractivity contribution < 1.29 is 58.3 Å². The van der Waals surface area contributed by atoms with Crippen molar-refractivity contribution in [3.05, 3.63) is 70.8 Å². The van der Waals surface area contributed by atoms with E-state index in [4.69, 9.17) is 9.47 Å². The van der Waals surface area contributed by atoms with Crippen molar-refractivity contribution in [3.8, 4) is 0 Å². The molecule has 0 unspecified atom stereocenters. The molecule has 12 heteroatoms. The van der Waals surface area contributed by atoms with Gasteiger partial charge in [0, 0.05) is 0 Å². The number of unbranched alkanes of at least 4 members (excludes halogenated alkanes) is 9. The van der Waals surface area contributed by atoms with Crippen LogP contribution in [0.5, 0.6) is 0 Å². The smallest absolute Gasteiger partial charge is 0.432 e. The quantitative estimate of drug-likeness (QED) is 0.0494. The number of benzene rings is 2. The number of hydrogen-bond donors (Lipinski definition) is 0. The molecule has 46 heavy (non-hydrogen) atoms. The van der Waals surface area contributed by atoms with Crippen molar-refractivity contribution in [1.82, 2.24) is 0 Å². The molecule has 0 aromatic heterocycles. The number of rotatable bonds is 23. The van der Waals surface area contributed by atoms with Crippen LogP contribution < -0.4 is 0 Å². The Morgan fingerprint density at radius 3 is 1.11 bits per heavy atom. The van der Waals surface area contributed by atoms with Gasteiger partial charge in [-0.15, -0.1) is 0 Å². The van der Waals surface area contributed by atoms with Crippen LogP contribution in [0.25, 0.3) is 0 Å². The van der Waals surface area contributed by atoms with Crippen LogP contribution in [-0.4, -0.2) is 37.5 Å². The second-order valence-corrected chi connectivity index (χ2v) is 10.7. The lowest BCUT2D eigenvalue weighted by Crippen LogP contribution is -2.12. The predicted molar refractivity (Wildman–Crippen MR) is 165 cm³/mol. The Morgan fingerprint density at radius 1 is 0.457 bits per heavy atom. The number of carbonyl (C=O) groups is 4. The van der Waals surface area contributed by atoms with Gasteiger partial charge in [-0.2, -0.15) is 0 Å². The van der Waals surface area contributed by atoms with Crippen molar-refractivity contribution in [2.45, 2.75) is 104 Å². The summed E-state index contributed by atoms with van der Waals surface area (Å²) in [6.07, 6.45) is 11.2. The van der Waals surface area contributed by atoms with Crippen LogP contribution in [0.3, 0.4) is 0 Å². The van der Waals surface area contributed by atoms with E-state index in [-0.39, 0.29) is 24.3 Å². The standard InChI is InChI=1S/C34H46O12/c1-3-15-27-17-21-29(22-18-27)31(35)41-45-43-33(37)39-25-13-11-9-7-5-6-8-10-12-14-26-40-34(38)44-46-42-32(36)30-23-19-28(16-4-2)20-24-30/h17-24H,3-16,25-26H2,1-2H3. The van der Waals surface area contributed by atoms with Crippen molar-refractivity contribution >= 4 is 24.2 Å². The highest BCUT2D eigenvalue weighted by Crippen LogP contribution is 2.12. The lowest BCUT2D eigenvalue weighted by Gasteiger charge is -2.06. The molecular weight excluding hydrogens is 600 g/mol. The lowest BCUT2D eigenvalue weighted by molar-refractivity contribution is -0.452. The maximum Gasteiger partial charge on any atom is 0.543 e. The number of aryl methyl sites for hydroxylation is 2. The summed E-state index contributed by atoms with van der Waals surface area (Å²) in [4.78, 5) is 64.4. The normalized spacial score (nSPS) is 10.6. The maximum absolute atomic E-state index is 11.9. The molecule has 0 saturated heterocycles. The third kappa shape index (κ3) is 17.4. The minimum Gasteiger partial charge on any atom is -0.432 e. The zero-order valence-corrected chi connectivity index (χ0v) is 26.8. The average molecular weight is 647 g/mol. The van der Waals surface area contributed by atoms with Crippen LogP contribution in [0.4, 0.5) is 9.59 Å². The van der Waals surface area contributed by atoms with E-state index in [1.807, 2.05) is 24.3 Å². The van der Waals surface area contributed by atoms with E-state index < -0.39 is 24.2 Å². The zero-order valence-electron chi connectivity index (χ0n) is 26.8.